The Bertz CT molecular complexity index is 560. The smallest absolute Gasteiger partial charge is 0.237 e. The van der Waals surface area contributed by atoms with E-state index in [-0.39, 0.29) is 11.2 Å². The quantitative estimate of drug-likeness (QED) is 0.687. The molecule has 0 unspecified atom stereocenters. The molecule has 0 saturated heterocycles. The normalized spacial score (nSPS) is 11.9. The van der Waals surface area contributed by atoms with Crippen molar-refractivity contribution in [2.75, 3.05) is 5.32 Å². The van der Waals surface area contributed by atoms with E-state index in [2.05, 4.69) is 15.3 Å². The molecule has 98 valence electrons. The lowest BCUT2D eigenvalue weighted by Crippen LogP contribution is -2.22. The van der Waals surface area contributed by atoms with Gasteiger partial charge in [0.25, 0.3) is 0 Å². The molecule has 0 bridgehead atoms. The second kappa shape index (κ2) is 6.33. The predicted molar refractivity (Wildman–Crippen MR) is 77.2 cm³/mol. The number of amides is 1. The number of nitrogens with zero attached hydrogens (tertiary/aromatic N) is 2. The summed E-state index contributed by atoms with van der Waals surface area (Å²) in [5, 5.41) is 3.25. The summed E-state index contributed by atoms with van der Waals surface area (Å²) in [7, 11) is 0. The van der Waals surface area contributed by atoms with Crippen LogP contribution in [0.4, 0.5) is 5.69 Å². The van der Waals surface area contributed by atoms with E-state index in [0.717, 1.165) is 11.3 Å². The third-order valence-corrected chi connectivity index (χ3v) is 3.47. The van der Waals surface area contributed by atoms with Crippen molar-refractivity contribution in [1.82, 2.24) is 9.97 Å². The molecule has 0 saturated carbocycles. The first-order valence-corrected chi connectivity index (χ1v) is 6.84. The Morgan fingerprint density at radius 1 is 1.26 bits per heavy atom. The Morgan fingerprint density at radius 3 is 2.68 bits per heavy atom. The molecular formula is C14H15N3OS. The van der Waals surface area contributed by atoms with Gasteiger partial charge in [0.2, 0.25) is 5.91 Å². The van der Waals surface area contributed by atoms with Crippen LogP contribution in [0.15, 0.2) is 47.9 Å². The number of nitrogens with one attached hydrogen (secondary N) is 1. The fraction of sp³-hybridized carbons (Fsp3) is 0.214. The highest BCUT2D eigenvalue weighted by atomic mass is 32.2. The molecule has 19 heavy (non-hydrogen) atoms. The largest absolute Gasteiger partial charge is 0.325 e. The van der Waals surface area contributed by atoms with Crippen molar-refractivity contribution in [1.29, 1.82) is 0 Å². The Balaban J connectivity index is 1.96. The van der Waals surface area contributed by atoms with Gasteiger partial charge in [0.1, 0.15) is 0 Å². The Hall–Kier alpha value is -1.88. The Morgan fingerprint density at radius 2 is 2.00 bits per heavy atom. The fourth-order valence-electron chi connectivity index (χ4n) is 1.52. The molecule has 1 aromatic heterocycles. The van der Waals surface area contributed by atoms with E-state index in [0.29, 0.717) is 5.16 Å². The molecule has 0 radical (unpaired) electrons. The molecule has 2 aromatic rings. The molecule has 1 amide bonds. The van der Waals surface area contributed by atoms with Crippen molar-refractivity contribution in [3.63, 3.8) is 0 Å². The number of hydrogen-bond donors (Lipinski definition) is 1. The van der Waals surface area contributed by atoms with Crippen molar-refractivity contribution in [2.24, 2.45) is 0 Å². The van der Waals surface area contributed by atoms with Gasteiger partial charge in [0.15, 0.2) is 5.16 Å². The van der Waals surface area contributed by atoms with Gasteiger partial charge in [-0.1, -0.05) is 23.9 Å². The summed E-state index contributed by atoms with van der Waals surface area (Å²) in [4.78, 5) is 20.2. The molecule has 5 heteroatoms. The van der Waals surface area contributed by atoms with Gasteiger partial charge < -0.3 is 5.32 Å². The summed E-state index contributed by atoms with van der Waals surface area (Å²) < 4.78 is 0. The molecule has 0 aliphatic rings. The Labute approximate surface area is 116 Å². The molecule has 0 aliphatic carbocycles. The molecule has 0 fully saturated rings. The van der Waals surface area contributed by atoms with Crippen molar-refractivity contribution in [3.8, 4) is 0 Å². The van der Waals surface area contributed by atoms with Crippen LogP contribution in [0.5, 0.6) is 0 Å². The molecule has 2 rings (SSSR count). The number of hydrogen-bond acceptors (Lipinski definition) is 4. The van der Waals surface area contributed by atoms with Gasteiger partial charge in [0.05, 0.1) is 5.25 Å². The number of anilines is 1. The van der Waals surface area contributed by atoms with Crippen LogP contribution in [-0.4, -0.2) is 21.1 Å². The zero-order valence-corrected chi connectivity index (χ0v) is 11.6. The first-order valence-electron chi connectivity index (χ1n) is 5.96. The number of benzene rings is 1. The van der Waals surface area contributed by atoms with Crippen LogP contribution in [0.2, 0.25) is 0 Å². The lowest BCUT2D eigenvalue weighted by atomic mass is 10.2. The summed E-state index contributed by atoms with van der Waals surface area (Å²) in [6, 6.07) is 9.48. The van der Waals surface area contributed by atoms with Crippen LogP contribution >= 0.6 is 11.8 Å². The van der Waals surface area contributed by atoms with E-state index in [1.54, 1.807) is 18.5 Å². The van der Waals surface area contributed by atoms with E-state index in [1.807, 2.05) is 38.1 Å². The molecule has 1 N–H and O–H groups in total. The average Bonchev–Trinajstić information content (AvgIpc) is 2.40. The maximum absolute atomic E-state index is 12.0. The van der Waals surface area contributed by atoms with Gasteiger partial charge in [-0.05, 0) is 37.6 Å². The number of thioether (sulfide) groups is 1. The minimum atomic E-state index is -0.247. The number of carbonyl (C=O) groups excluding carboxylic acids is 1. The number of carbonyl (C=O) groups is 1. The van der Waals surface area contributed by atoms with Crippen LogP contribution in [0, 0.1) is 6.92 Å². The maximum atomic E-state index is 12.0. The maximum Gasteiger partial charge on any atom is 0.237 e. The summed E-state index contributed by atoms with van der Waals surface area (Å²) in [6.07, 6.45) is 3.33. The van der Waals surface area contributed by atoms with Crippen molar-refractivity contribution >= 4 is 23.4 Å². The standard InChI is InChI=1S/C14H15N3OS/c1-10-5-3-6-12(9-10)17-13(18)11(2)19-14-15-7-4-8-16-14/h3-9,11H,1-2H3,(H,17,18)/t11-/m1/s1. The SMILES string of the molecule is Cc1cccc(NC(=O)[C@@H](C)Sc2ncccn2)c1. The highest BCUT2D eigenvalue weighted by molar-refractivity contribution is 8.00. The van der Waals surface area contributed by atoms with Crippen LogP contribution in [0.25, 0.3) is 0 Å². The summed E-state index contributed by atoms with van der Waals surface area (Å²) >= 11 is 1.34. The lowest BCUT2D eigenvalue weighted by Gasteiger charge is -2.11. The van der Waals surface area contributed by atoms with Gasteiger partial charge >= 0.3 is 0 Å². The van der Waals surface area contributed by atoms with Crippen LogP contribution in [0.1, 0.15) is 12.5 Å². The van der Waals surface area contributed by atoms with E-state index >= 15 is 0 Å². The summed E-state index contributed by atoms with van der Waals surface area (Å²) in [6.45, 7) is 3.83. The molecule has 1 heterocycles. The third-order valence-electron chi connectivity index (χ3n) is 2.48. The monoisotopic (exact) mass is 273 g/mol. The average molecular weight is 273 g/mol. The molecule has 0 spiro atoms. The number of aromatic nitrogens is 2. The van der Waals surface area contributed by atoms with Gasteiger partial charge in [-0.15, -0.1) is 0 Å². The second-order valence-electron chi connectivity index (χ2n) is 4.15. The minimum absolute atomic E-state index is 0.0527. The minimum Gasteiger partial charge on any atom is -0.325 e. The molecule has 1 aromatic carbocycles. The van der Waals surface area contributed by atoms with E-state index in [9.17, 15) is 4.79 Å². The molecule has 0 aliphatic heterocycles. The zero-order chi connectivity index (χ0) is 13.7. The summed E-state index contributed by atoms with van der Waals surface area (Å²) in [5.74, 6) is -0.0527. The molecular weight excluding hydrogens is 258 g/mol. The van der Waals surface area contributed by atoms with Crippen LogP contribution < -0.4 is 5.32 Å². The highest BCUT2D eigenvalue weighted by Crippen LogP contribution is 2.20. The van der Waals surface area contributed by atoms with Crippen LogP contribution in [-0.2, 0) is 4.79 Å². The number of aryl methyl sites for hydroxylation is 1. The van der Waals surface area contributed by atoms with Crippen molar-refractivity contribution < 1.29 is 4.79 Å². The van der Waals surface area contributed by atoms with E-state index in [1.165, 1.54) is 11.8 Å². The summed E-state index contributed by atoms with van der Waals surface area (Å²) in [5.41, 5.74) is 1.93. The van der Waals surface area contributed by atoms with Gasteiger partial charge in [-0.2, -0.15) is 0 Å². The first kappa shape index (κ1) is 13.5. The fourth-order valence-corrected chi connectivity index (χ4v) is 2.25. The van der Waals surface area contributed by atoms with E-state index < -0.39 is 0 Å². The molecule has 4 nitrogen and oxygen atoms in total. The van der Waals surface area contributed by atoms with E-state index in [4.69, 9.17) is 0 Å². The Kier molecular flexibility index (Phi) is 4.52. The molecule has 1 atom stereocenters. The second-order valence-corrected chi connectivity index (χ2v) is 5.46. The highest BCUT2D eigenvalue weighted by Gasteiger charge is 2.15. The third kappa shape index (κ3) is 4.06. The van der Waals surface area contributed by atoms with Gasteiger partial charge in [0, 0.05) is 18.1 Å². The topological polar surface area (TPSA) is 54.9 Å². The zero-order valence-electron chi connectivity index (χ0n) is 10.8. The van der Waals surface area contributed by atoms with Crippen molar-refractivity contribution in [3.05, 3.63) is 48.3 Å². The van der Waals surface area contributed by atoms with Crippen LogP contribution in [0.3, 0.4) is 0 Å². The predicted octanol–water partition coefficient (Wildman–Crippen LogP) is 2.90. The first-order chi connectivity index (χ1) is 9.15. The lowest BCUT2D eigenvalue weighted by molar-refractivity contribution is -0.115. The number of rotatable bonds is 4. The van der Waals surface area contributed by atoms with Gasteiger partial charge in [-0.25, -0.2) is 9.97 Å². The van der Waals surface area contributed by atoms with Gasteiger partial charge in [-0.3, -0.25) is 4.79 Å². The van der Waals surface area contributed by atoms with Crippen molar-refractivity contribution in [2.45, 2.75) is 24.3 Å².